The highest BCUT2D eigenvalue weighted by molar-refractivity contribution is 5.85. The highest BCUT2D eigenvalue weighted by Crippen LogP contribution is 2.13. The summed E-state index contributed by atoms with van der Waals surface area (Å²) in [5.41, 5.74) is 1.01. The van der Waals surface area contributed by atoms with Crippen molar-refractivity contribution in [2.45, 2.75) is 26.6 Å². The molecule has 1 aromatic rings. The topological polar surface area (TPSA) is 55.8 Å². The maximum absolute atomic E-state index is 13.4. The Bertz CT molecular complexity index is 469. The SMILES string of the molecule is CC(C)OCCOCc1ccc(F)c(C=CC(=O)O)c1. The van der Waals surface area contributed by atoms with Gasteiger partial charge in [0.15, 0.2) is 0 Å². The Hall–Kier alpha value is -1.72. The maximum atomic E-state index is 13.4. The van der Waals surface area contributed by atoms with E-state index in [2.05, 4.69) is 0 Å². The Labute approximate surface area is 117 Å². The van der Waals surface area contributed by atoms with Crippen molar-refractivity contribution in [3.63, 3.8) is 0 Å². The highest BCUT2D eigenvalue weighted by Gasteiger charge is 2.02. The van der Waals surface area contributed by atoms with Gasteiger partial charge in [-0.3, -0.25) is 0 Å². The third-order valence-electron chi connectivity index (χ3n) is 2.41. The first-order chi connectivity index (χ1) is 9.49. The van der Waals surface area contributed by atoms with Crippen LogP contribution in [0, 0.1) is 5.82 Å². The minimum absolute atomic E-state index is 0.164. The number of rotatable bonds is 8. The number of ether oxygens (including phenoxy) is 2. The van der Waals surface area contributed by atoms with E-state index in [4.69, 9.17) is 14.6 Å². The molecule has 0 saturated heterocycles. The number of carboxylic acid groups (broad SMARTS) is 1. The zero-order valence-electron chi connectivity index (χ0n) is 11.6. The van der Waals surface area contributed by atoms with E-state index in [0.717, 1.165) is 11.6 Å². The Morgan fingerprint density at radius 2 is 2.15 bits per heavy atom. The average Bonchev–Trinajstić information content (AvgIpc) is 2.38. The zero-order chi connectivity index (χ0) is 15.0. The molecule has 0 fully saturated rings. The molecular weight excluding hydrogens is 263 g/mol. The molecule has 1 N–H and O–H groups in total. The molecule has 0 bridgehead atoms. The quantitative estimate of drug-likeness (QED) is 0.588. The minimum atomic E-state index is -1.11. The van der Waals surface area contributed by atoms with Crippen molar-refractivity contribution in [1.29, 1.82) is 0 Å². The average molecular weight is 282 g/mol. The lowest BCUT2D eigenvalue weighted by atomic mass is 10.1. The van der Waals surface area contributed by atoms with Crippen LogP contribution in [0.4, 0.5) is 4.39 Å². The Morgan fingerprint density at radius 1 is 1.40 bits per heavy atom. The number of hydrogen-bond donors (Lipinski definition) is 1. The van der Waals surface area contributed by atoms with Gasteiger partial charge in [0, 0.05) is 11.6 Å². The molecule has 0 atom stereocenters. The van der Waals surface area contributed by atoms with Gasteiger partial charge in [-0.2, -0.15) is 0 Å². The fourth-order valence-electron chi connectivity index (χ4n) is 1.50. The van der Waals surface area contributed by atoms with Crippen LogP contribution in [0.5, 0.6) is 0 Å². The number of aliphatic carboxylic acids is 1. The van der Waals surface area contributed by atoms with E-state index in [1.807, 2.05) is 13.8 Å². The molecule has 1 rings (SSSR count). The van der Waals surface area contributed by atoms with Crippen LogP contribution in [0.25, 0.3) is 6.08 Å². The molecule has 1 aromatic carbocycles. The lowest BCUT2D eigenvalue weighted by Gasteiger charge is -2.08. The number of benzene rings is 1. The van der Waals surface area contributed by atoms with Crippen molar-refractivity contribution in [3.05, 3.63) is 41.2 Å². The van der Waals surface area contributed by atoms with Gasteiger partial charge in [0.25, 0.3) is 0 Å². The second kappa shape index (κ2) is 8.45. The summed E-state index contributed by atoms with van der Waals surface area (Å²) in [6.07, 6.45) is 2.29. The van der Waals surface area contributed by atoms with E-state index in [-0.39, 0.29) is 11.7 Å². The van der Waals surface area contributed by atoms with Crippen LogP contribution < -0.4 is 0 Å². The van der Waals surface area contributed by atoms with E-state index in [0.29, 0.717) is 19.8 Å². The molecule has 0 radical (unpaired) electrons. The molecule has 0 unspecified atom stereocenters. The van der Waals surface area contributed by atoms with E-state index in [9.17, 15) is 9.18 Å². The molecule has 0 spiro atoms. The van der Waals surface area contributed by atoms with Crippen LogP contribution in [0.15, 0.2) is 24.3 Å². The third kappa shape index (κ3) is 6.45. The van der Waals surface area contributed by atoms with E-state index in [1.54, 1.807) is 12.1 Å². The predicted octanol–water partition coefficient (Wildman–Crippen LogP) is 2.87. The number of carbonyl (C=O) groups is 1. The van der Waals surface area contributed by atoms with Gasteiger partial charge in [-0.15, -0.1) is 0 Å². The molecule has 0 heterocycles. The van der Waals surface area contributed by atoms with Gasteiger partial charge >= 0.3 is 5.97 Å². The Balaban J connectivity index is 2.50. The normalized spacial score (nSPS) is 11.4. The summed E-state index contributed by atoms with van der Waals surface area (Å²) < 4.78 is 24.2. The van der Waals surface area contributed by atoms with Gasteiger partial charge in [0.1, 0.15) is 5.82 Å². The fraction of sp³-hybridized carbons (Fsp3) is 0.400. The van der Waals surface area contributed by atoms with Crippen molar-refractivity contribution in [1.82, 2.24) is 0 Å². The Morgan fingerprint density at radius 3 is 2.80 bits per heavy atom. The lowest BCUT2D eigenvalue weighted by molar-refractivity contribution is -0.131. The van der Waals surface area contributed by atoms with E-state index in [1.165, 1.54) is 12.1 Å². The number of halogens is 1. The van der Waals surface area contributed by atoms with Crippen molar-refractivity contribution in [2.24, 2.45) is 0 Å². The minimum Gasteiger partial charge on any atom is -0.478 e. The van der Waals surface area contributed by atoms with Crippen molar-refractivity contribution in [2.75, 3.05) is 13.2 Å². The van der Waals surface area contributed by atoms with Crippen LogP contribution in [0.1, 0.15) is 25.0 Å². The van der Waals surface area contributed by atoms with Crippen LogP contribution in [-0.2, 0) is 20.9 Å². The molecular formula is C15H19FO4. The fourth-order valence-corrected chi connectivity index (χ4v) is 1.50. The van der Waals surface area contributed by atoms with Gasteiger partial charge in [-0.1, -0.05) is 6.07 Å². The van der Waals surface area contributed by atoms with E-state index >= 15 is 0 Å². The van der Waals surface area contributed by atoms with Gasteiger partial charge in [-0.05, 0) is 37.6 Å². The largest absolute Gasteiger partial charge is 0.478 e. The van der Waals surface area contributed by atoms with Crippen LogP contribution >= 0.6 is 0 Å². The number of carboxylic acids is 1. The van der Waals surface area contributed by atoms with Crippen molar-refractivity contribution in [3.8, 4) is 0 Å². The monoisotopic (exact) mass is 282 g/mol. The zero-order valence-corrected chi connectivity index (χ0v) is 11.6. The summed E-state index contributed by atoms with van der Waals surface area (Å²) in [4.78, 5) is 10.4. The molecule has 110 valence electrons. The third-order valence-corrected chi connectivity index (χ3v) is 2.41. The molecule has 0 aliphatic carbocycles. The molecule has 0 saturated carbocycles. The Kier molecular flexibility index (Phi) is 6.90. The van der Waals surface area contributed by atoms with Gasteiger partial charge < -0.3 is 14.6 Å². The lowest BCUT2D eigenvalue weighted by Crippen LogP contribution is -2.09. The summed E-state index contributed by atoms with van der Waals surface area (Å²) in [6, 6.07) is 4.47. The van der Waals surface area contributed by atoms with Crippen LogP contribution in [-0.4, -0.2) is 30.4 Å². The summed E-state index contributed by atoms with van der Waals surface area (Å²) in [5.74, 6) is -1.58. The summed E-state index contributed by atoms with van der Waals surface area (Å²) in [5, 5.41) is 8.53. The smallest absolute Gasteiger partial charge is 0.328 e. The summed E-state index contributed by atoms with van der Waals surface area (Å²) >= 11 is 0. The highest BCUT2D eigenvalue weighted by atomic mass is 19.1. The summed E-state index contributed by atoms with van der Waals surface area (Å²) in [7, 11) is 0. The van der Waals surface area contributed by atoms with Crippen molar-refractivity contribution < 1.29 is 23.8 Å². The number of hydrogen-bond acceptors (Lipinski definition) is 3. The molecule has 5 heteroatoms. The molecule has 20 heavy (non-hydrogen) atoms. The maximum Gasteiger partial charge on any atom is 0.328 e. The second-order valence-electron chi connectivity index (χ2n) is 4.50. The van der Waals surface area contributed by atoms with Crippen molar-refractivity contribution >= 4 is 12.0 Å². The first-order valence-corrected chi connectivity index (χ1v) is 6.38. The molecule has 0 aromatic heterocycles. The van der Waals surface area contributed by atoms with Gasteiger partial charge in [0.05, 0.1) is 25.9 Å². The first kappa shape index (κ1) is 16.3. The molecule has 0 amide bonds. The standard InChI is InChI=1S/C15H19FO4/c1-11(2)20-8-7-19-10-12-3-5-14(16)13(9-12)4-6-15(17)18/h3-6,9,11H,7-8,10H2,1-2H3,(H,17,18). The summed E-state index contributed by atoms with van der Waals surface area (Å²) in [6.45, 7) is 5.18. The van der Waals surface area contributed by atoms with E-state index < -0.39 is 11.8 Å². The molecule has 0 aliphatic heterocycles. The van der Waals surface area contributed by atoms with Crippen LogP contribution in [0.2, 0.25) is 0 Å². The first-order valence-electron chi connectivity index (χ1n) is 6.38. The van der Waals surface area contributed by atoms with Crippen LogP contribution in [0.3, 0.4) is 0 Å². The van der Waals surface area contributed by atoms with Gasteiger partial charge in [0.2, 0.25) is 0 Å². The second-order valence-corrected chi connectivity index (χ2v) is 4.50. The molecule has 0 aliphatic rings. The van der Waals surface area contributed by atoms with Gasteiger partial charge in [-0.25, -0.2) is 9.18 Å². The molecule has 4 nitrogen and oxygen atoms in total. The predicted molar refractivity (Wildman–Crippen MR) is 73.8 cm³/mol.